The Kier molecular flexibility index (Phi) is 7.36. The molecule has 0 aromatic rings. The molecule has 0 saturated carbocycles. The van der Waals surface area contributed by atoms with Gasteiger partial charge < -0.3 is 4.79 Å². The highest BCUT2D eigenvalue weighted by Gasteiger charge is 2.21. The van der Waals surface area contributed by atoms with E-state index in [-0.39, 0.29) is 0 Å². The van der Waals surface area contributed by atoms with Crippen LogP contribution in [0.4, 0.5) is 0 Å². The van der Waals surface area contributed by atoms with Crippen molar-refractivity contribution in [1.82, 2.24) is 0 Å². The minimum absolute atomic E-state index is 0.339. The monoisotopic (exact) mass is 272 g/mol. The van der Waals surface area contributed by atoms with E-state index in [4.69, 9.17) is 0 Å². The molecule has 1 heterocycles. The second-order valence-electron chi connectivity index (χ2n) is 4.61. The van der Waals surface area contributed by atoms with Crippen molar-refractivity contribution in [3.63, 3.8) is 0 Å². The van der Waals surface area contributed by atoms with Crippen LogP contribution in [0.1, 0.15) is 52.9 Å². The van der Waals surface area contributed by atoms with Gasteiger partial charge in [-0.2, -0.15) is 0 Å². The van der Waals surface area contributed by atoms with Gasteiger partial charge in [-0.15, -0.1) is 23.5 Å². The normalized spacial score (nSPS) is 17.2. The predicted molar refractivity (Wildman–Crippen MR) is 80.5 cm³/mol. The number of unbranched alkanes of at least 4 members (excludes halogenated alkanes) is 1. The predicted octanol–water partition coefficient (Wildman–Crippen LogP) is 4.87. The van der Waals surface area contributed by atoms with Gasteiger partial charge in [0.25, 0.3) is 0 Å². The summed E-state index contributed by atoms with van der Waals surface area (Å²) in [7, 11) is 0. The Hall–Kier alpha value is 0.110. The van der Waals surface area contributed by atoms with Crippen molar-refractivity contribution in [2.75, 3.05) is 11.5 Å². The highest BCUT2D eigenvalue weighted by atomic mass is 32.2. The molecule has 1 nitrogen and oxygen atoms in total. The molecule has 1 aliphatic rings. The lowest BCUT2D eigenvalue weighted by molar-refractivity contribution is -0.117. The fourth-order valence-electron chi connectivity index (χ4n) is 2.29. The Labute approximate surface area is 114 Å². The summed E-state index contributed by atoms with van der Waals surface area (Å²) in [6.45, 7) is 6.19. The van der Waals surface area contributed by atoms with E-state index in [1.165, 1.54) is 35.0 Å². The van der Waals surface area contributed by atoms with Gasteiger partial charge in [-0.1, -0.05) is 26.7 Å². The molecule has 0 aromatic carbocycles. The number of carbonyl (C=O) groups is 1. The molecule has 1 rings (SSSR count). The number of carbonyl (C=O) groups excluding carboxylic acids is 1. The molecule has 1 fully saturated rings. The summed E-state index contributed by atoms with van der Waals surface area (Å²) in [5.41, 5.74) is 1.56. The molecule has 0 radical (unpaired) electrons. The summed E-state index contributed by atoms with van der Waals surface area (Å²) in [6, 6.07) is 0. The molecule has 0 aliphatic carbocycles. The van der Waals surface area contributed by atoms with Crippen molar-refractivity contribution >= 4 is 29.3 Å². The average molecular weight is 272 g/mol. The zero-order chi connectivity index (χ0) is 12.7. The third-order valence-electron chi connectivity index (χ3n) is 3.13. The summed E-state index contributed by atoms with van der Waals surface area (Å²) in [5.74, 6) is 3.32. The molecule has 0 aromatic heterocycles. The largest absolute Gasteiger partial charge is 0.300 e. The van der Waals surface area contributed by atoms with Crippen LogP contribution >= 0.6 is 23.5 Å². The van der Waals surface area contributed by atoms with Crippen LogP contribution < -0.4 is 0 Å². The van der Waals surface area contributed by atoms with Crippen LogP contribution in [0.15, 0.2) is 9.81 Å². The maximum absolute atomic E-state index is 11.4. The van der Waals surface area contributed by atoms with Crippen LogP contribution in [0.3, 0.4) is 0 Å². The minimum Gasteiger partial charge on any atom is -0.300 e. The smallest absolute Gasteiger partial charge is 0.130 e. The molecule has 0 N–H and O–H groups in total. The SMILES string of the molecule is CCCCC(CC(C)=O)C(CC)=C1SCCS1. The number of rotatable bonds is 7. The Bertz CT molecular complexity index is 276. The first kappa shape index (κ1) is 15.2. The van der Waals surface area contributed by atoms with Gasteiger partial charge in [-0.3, -0.25) is 0 Å². The Morgan fingerprint density at radius 2 is 1.94 bits per heavy atom. The fourth-order valence-corrected chi connectivity index (χ4v) is 5.16. The van der Waals surface area contributed by atoms with Crippen LogP contribution in [-0.2, 0) is 4.79 Å². The van der Waals surface area contributed by atoms with Crippen LogP contribution in [-0.4, -0.2) is 17.3 Å². The lowest BCUT2D eigenvalue weighted by Gasteiger charge is -2.20. The van der Waals surface area contributed by atoms with Crippen LogP contribution in [0.25, 0.3) is 0 Å². The lowest BCUT2D eigenvalue weighted by Crippen LogP contribution is -2.10. The van der Waals surface area contributed by atoms with Crippen LogP contribution in [0, 0.1) is 5.92 Å². The standard InChI is InChI=1S/C14H24OS2/c1-4-6-7-12(10-11(3)15)13(5-2)14-16-8-9-17-14/h12H,4-10H2,1-3H3. The molecule has 1 saturated heterocycles. The highest BCUT2D eigenvalue weighted by Crippen LogP contribution is 2.43. The zero-order valence-electron chi connectivity index (χ0n) is 11.3. The first-order valence-electron chi connectivity index (χ1n) is 6.67. The quantitative estimate of drug-likeness (QED) is 0.658. The second-order valence-corrected chi connectivity index (χ2v) is 7.08. The molecule has 17 heavy (non-hydrogen) atoms. The van der Waals surface area contributed by atoms with E-state index >= 15 is 0 Å². The van der Waals surface area contributed by atoms with Crippen LogP contribution in [0.2, 0.25) is 0 Å². The molecule has 0 spiro atoms. The Morgan fingerprint density at radius 3 is 2.41 bits per heavy atom. The highest BCUT2D eigenvalue weighted by molar-refractivity contribution is 8.25. The Morgan fingerprint density at radius 1 is 1.29 bits per heavy atom. The molecule has 1 atom stereocenters. The number of allylic oxidation sites excluding steroid dienone is 1. The van der Waals surface area contributed by atoms with Crippen molar-refractivity contribution in [2.45, 2.75) is 52.9 Å². The van der Waals surface area contributed by atoms with Gasteiger partial charge in [-0.25, -0.2) is 0 Å². The van der Waals surface area contributed by atoms with E-state index in [2.05, 4.69) is 13.8 Å². The first-order valence-corrected chi connectivity index (χ1v) is 8.64. The number of ketones is 1. The Balaban J connectivity index is 2.76. The first-order chi connectivity index (χ1) is 8.19. The molecule has 3 heteroatoms. The van der Waals surface area contributed by atoms with E-state index in [9.17, 15) is 4.79 Å². The third kappa shape index (κ3) is 5.09. The van der Waals surface area contributed by atoms with Crippen LogP contribution in [0.5, 0.6) is 0 Å². The summed E-state index contributed by atoms with van der Waals surface area (Å²) in [5, 5.41) is 0. The van der Waals surface area contributed by atoms with Gasteiger partial charge in [0.2, 0.25) is 0 Å². The fraction of sp³-hybridized carbons (Fsp3) is 0.786. The van der Waals surface area contributed by atoms with E-state index in [1.807, 2.05) is 23.5 Å². The van der Waals surface area contributed by atoms with Gasteiger partial charge in [0.1, 0.15) is 5.78 Å². The second kappa shape index (κ2) is 8.25. The number of hydrogen-bond acceptors (Lipinski definition) is 3. The van der Waals surface area contributed by atoms with Gasteiger partial charge in [0.05, 0.1) is 0 Å². The van der Waals surface area contributed by atoms with Crippen molar-refractivity contribution in [1.29, 1.82) is 0 Å². The number of thioether (sulfide) groups is 2. The summed E-state index contributed by atoms with van der Waals surface area (Å²) < 4.78 is 1.52. The lowest BCUT2D eigenvalue weighted by atomic mass is 9.88. The van der Waals surface area contributed by atoms with Gasteiger partial charge in [0, 0.05) is 22.2 Å². The van der Waals surface area contributed by atoms with E-state index in [0.29, 0.717) is 11.7 Å². The van der Waals surface area contributed by atoms with Crippen molar-refractivity contribution in [2.24, 2.45) is 5.92 Å². The minimum atomic E-state index is 0.339. The summed E-state index contributed by atoms with van der Waals surface area (Å²) in [6.07, 6.45) is 5.50. The molecular formula is C14H24OS2. The molecule has 1 unspecified atom stereocenters. The van der Waals surface area contributed by atoms with Crippen molar-refractivity contribution in [3.8, 4) is 0 Å². The van der Waals surface area contributed by atoms with E-state index in [1.54, 1.807) is 12.5 Å². The van der Waals surface area contributed by atoms with Gasteiger partial charge in [0.15, 0.2) is 0 Å². The summed E-state index contributed by atoms with van der Waals surface area (Å²) >= 11 is 3.99. The van der Waals surface area contributed by atoms with Crippen molar-refractivity contribution in [3.05, 3.63) is 9.81 Å². The molecular weight excluding hydrogens is 248 g/mol. The van der Waals surface area contributed by atoms with Gasteiger partial charge >= 0.3 is 0 Å². The molecule has 0 bridgehead atoms. The maximum Gasteiger partial charge on any atom is 0.130 e. The molecule has 1 aliphatic heterocycles. The average Bonchev–Trinajstić information content (AvgIpc) is 2.79. The van der Waals surface area contributed by atoms with E-state index < -0.39 is 0 Å². The van der Waals surface area contributed by atoms with E-state index in [0.717, 1.165) is 12.8 Å². The topological polar surface area (TPSA) is 17.1 Å². The van der Waals surface area contributed by atoms with Crippen molar-refractivity contribution < 1.29 is 4.79 Å². The number of Topliss-reactive ketones (excluding diaryl/α,β-unsaturated/α-hetero) is 1. The molecule has 0 amide bonds. The zero-order valence-corrected chi connectivity index (χ0v) is 12.9. The number of hydrogen-bond donors (Lipinski definition) is 0. The molecule has 98 valence electrons. The summed E-state index contributed by atoms with van der Waals surface area (Å²) in [4.78, 5) is 11.4. The maximum atomic E-state index is 11.4. The van der Waals surface area contributed by atoms with Gasteiger partial charge in [-0.05, 0) is 31.3 Å². The third-order valence-corrected chi connectivity index (χ3v) is 5.96.